The maximum absolute atomic E-state index is 14.4. The van der Waals surface area contributed by atoms with Crippen molar-refractivity contribution in [2.24, 2.45) is 56.4 Å². The van der Waals surface area contributed by atoms with Crippen molar-refractivity contribution >= 4 is 128 Å². The van der Waals surface area contributed by atoms with Crippen LogP contribution in [0.4, 0.5) is 39.8 Å². The fourth-order valence-corrected chi connectivity index (χ4v) is 15.1. The molecule has 0 spiro atoms. The zero-order chi connectivity index (χ0) is 91.7. The van der Waals surface area contributed by atoms with Crippen molar-refractivity contribution in [1.29, 1.82) is 0 Å². The molecule has 13 rings (SSSR count). The molecule has 0 saturated carbocycles. The highest BCUT2D eigenvalue weighted by atomic mass is 16.6. The fraction of sp³-hybridized carbons (Fsp3) is 0.333. The van der Waals surface area contributed by atoms with E-state index in [9.17, 15) is 72.2 Å². The summed E-state index contributed by atoms with van der Waals surface area (Å²) >= 11 is 0. The van der Waals surface area contributed by atoms with Crippen LogP contribution in [0, 0.1) is 0 Å². The van der Waals surface area contributed by atoms with Gasteiger partial charge in [0.25, 0.3) is 58.7 Å². The minimum atomic E-state index is -1.96. The van der Waals surface area contributed by atoms with E-state index < -0.39 is 82.6 Å². The van der Waals surface area contributed by atoms with Gasteiger partial charge >= 0.3 is 5.97 Å². The molecular weight excluding hydrogens is 1650 g/mol. The zero-order valence-electron chi connectivity index (χ0n) is 72.4. The van der Waals surface area contributed by atoms with Crippen LogP contribution in [0.3, 0.4) is 0 Å². The van der Waals surface area contributed by atoms with Gasteiger partial charge in [-0.1, -0.05) is 13.3 Å². The van der Waals surface area contributed by atoms with Crippen molar-refractivity contribution < 1.29 is 76.9 Å². The highest BCUT2D eigenvalue weighted by Gasteiger charge is 2.46. The lowest BCUT2D eigenvalue weighted by Gasteiger charge is -2.31. The number of nitrogens with one attached hydrogen (secondary N) is 12. The molecule has 0 bridgehead atoms. The van der Waals surface area contributed by atoms with Crippen LogP contribution < -0.4 is 74.1 Å². The lowest BCUT2D eigenvalue weighted by atomic mass is 9.86. The van der Waals surface area contributed by atoms with E-state index in [1.165, 1.54) is 105 Å². The van der Waals surface area contributed by atoms with Crippen LogP contribution in [0.1, 0.15) is 159 Å². The number of benzene rings is 1. The minimum Gasteiger partial charge on any atom is -0.484 e. The van der Waals surface area contributed by atoms with E-state index in [-0.39, 0.29) is 162 Å². The Morgan fingerprint density at radius 1 is 0.500 bits per heavy atom. The second kappa shape index (κ2) is 38.8. The summed E-state index contributed by atoms with van der Waals surface area (Å²) in [6.07, 6.45) is 15.9. The van der Waals surface area contributed by atoms with Gasteiger partial charge < -0.3 is 124 Å². The first-order chi connectivity index (χ1) is 61.1. The average Bonchev–Trinajstić information content (AvgIpc) is 1.56. The molecule has 12 amide bonds. The predicted octanol–water partition coefficient (Wildman–Crippen LogP) is 4.88. The summed E-state index contributed by atoms with van der Waals surface area (Å²) in [4.78, 5) is 199. The van der Waals surface area contributed by atoms with E-state index in [0.29, 0.717) is 65.2 Å². The molecule has 128 heavy (non-hydrogen) atoms. The number of pyridine rings is 2. The number of esters is 1. The second-order valence-electron chi connectivity index (χ2n) is 31.7. The first-order valence-corrected chi connectivity index (χ1v) is 41.2. The van der Waals surface area contributed by atoms with Crippen LogP contribution in [-0.4, -0.2) is 197 Å². The number of amides is 12. The number of anilines is 7. The highest BCUT2D eigenvalue weighted by molar-refractivity contribution is 6.11. The highest BCUT2D eigenvalue weighted by Crippen LogP contribution is 2.39. The van der Waals surface area contributed by atoms with Crippen molar-refractivity contribution in [3.63, 3.8) is 0 Å². The molecule has 41 nitrogen and oxygen atoms in total. The van der Waals surface area contributed by atoms with Gasteiger partial charge in [0.2, 0.25) is 17.7 Å². The summed E-state index contributed by atoms with van der Waals surface area (Å²) in [7, 11) is 16.8. The summed E-state index contributed by atoms with van der Waals surface area (Å²) < 4.78 is 24.7. The lowest BCUT2D eigenvalue weighted by molar-refractivity contribution is -0.172. The van der Waals surface area contributed by atoms with E-state index in [4.69, 9.17) is 14.5 Å². The van der Waals surface area contributed by atoms with Gasteiger partial charge in [0, 0.05) is 168 Å². The minimum absolute atomic E-state index is 0.0104. The number of imidazole rings is 1. The number of nitrogens with zero attached hydrogens (tertiary/aromatic N) is 12. The number of carbonyl (C=O) groups excluding carboxylic acids is 13. The summed E-state index contributed by atoms with van der Waals surface area (Å²) in [6.45, 7) is 2.81. The molecule has 11 aromatic rings. The van der Waals surface area contributed by atoms with Crippen molar-refractivity contribution in [2.75, 3.05) is 90.6 Å². The van der Waals surface area contributed by atoms with Gasteiger partial charge in [-0.3, -0.25) is 62.3 Å². The second-order valence-corrected chi connectivity index (χ2v) is 31.7. The molecule has 1 aromatic carbocycles. The van der Waals surface area contributed by atoms with Gasteiger partial charge in [0.15, 0.2) is 18.0 Å². The van der Waals surface area contributed by atoms with Crippen LogP contribution >= 0.6 is 0 Å². The Hall–Kier alpha value is -15.4. The van der Waals surface area contributed by atoms with Crippen LogP contribution in [0.2, 0.25) is 0 Å². The first-order valence-electron chi connectivity index (χ1n) is 41.2. The van der Waals surface area contributed by atoms with E-state index in [0.717, 1.165) is 18.5 Å². The normalized spacial score (nSPS) is 13.3. The maximum Gasteiger partial charge on any atom is 0.343 e. The molecule has 12 heterocycles. The SMILES string of the molecule is CC[C@@]1(O)C(=O)OCc2c1cc1n(c2=O)Cc2cc3cc(OCC(=O)NCCCCCC(=O)N[C@H](CCNC(=O)c4cc(NC(=O)c5cc(NC(=O)c6cc(NC(=O)c7nccn7C)cn6C)cn5C)cn4C)C(=O)Nc4cc(C(=O)Nc5cc(C(=O)Nc6cc(C(=O)Nc7cc(C(=O)NCCC(=O)NCCCN(C)C)n(C)c7)n(C)c6)n(C)c5)n(C)c4)ccc3nc2-1. The number of rotatable bonds is 37. The third kappa shape index (κ3) is 20.8. The van der Waals surface area contributed by atoms with Crippen LogP contribution in [-0.2, 0) is 104 Å². The average molecular weight is 1750 g/mol. The Labute approximate surface area is 732 Å². The summed E-state index contributed by atoms with van der Waals surface area (Å²) in [5.74, 6) is -6.42. The van der Waals surface area contributed by atoms with Crippen molar-refractivity contribution in [3.8, 4) is 17.1 Å². The molecule has 10 aromatic heterocycles. The number of aryl methyl sites for hydroxylation is 8. The standard InChI is InChI=1S/C87H100N24O17/c1-12-87(126)60-38-63-74-50(39-111(63)85(124)59(60)47-128-86(87)125)29-49-30-58(18-19-61(49)101-74)127-48-73(114)89-22-15-13-14-17-72(113)100-62(20-24-91-77(116)64-31-52(41-104(64)5)94-80(119)68-35-56(45-108(68)9)98-83(122)70-37-57(46-110(70)11)99-84(123)75-90-26-28-103(75)4)76(115)93-51-33-66(106(7)40-51)79(118)96-54-36-69(109(10)43-54)82(121)97-55-34-67(107(8)44-55)81(120)95-53-32-65(105(6)42-53)78(117)92-25-21-71(112)88-23-16-27-102(2)3/h18-19,26,28-38,40-46,62,126H,12-17,20-25,27,39,47-48H2,1-11H3,(H,88,112)(H,89,114)(H,91,116)(H,92,117)(H,93,115)(H,94,119)(H,95,120)(H,96,118)(H,97,121)(H,98,122)(H,99,123)(H,100,113)/t62-,87+/m1/s1. The molecule has 670 valence electrons. The van der Waals surface area contributed by atoms with E-state index >= 15 is 0 Å². The van der Waals surface area contributed by atoms with Gasteiger partial charge in [-0.2, -0.15) is 0 Å². The number of aromatic nitrogens is 11. The molecule has 2 aliphatic rings. The van der Waals surface area contributed by atoms with Gasteiger partial charge in [-0.25, -0.2) is 14.8 Å². The number of aliphatic hydroxyl groups is 1. The number of hydrogen-bond donors (Lipinski definition) is 13. The number of hydrogen-bond acceptors (Lipinski definition) is 20. The molecule has 2 atom stereocenters. The summed E-state index contributed by atoms with van der Waals surface area (Å²) in [5.41, 5.74) is 3.33. The van der Waals surface area contributed by atoms with Crippen molar-refractivity contribution in [1.82, 2.24) is 82.6 Å². The van der Waals surface area contributed by atoms with Crippen LogP contribution in [0.25, 0.3) is 22.3 Å². The molecule has 41 heteroatoms. The Bertz CT molecular complexity index is 6290. The van der Waals surface area contributed by atoms with Crippen LogP contribution in [0.15, 0.2) is 133 Å². The van der Waals surface area contributed by atoms with E-state index in [1.807, 2.05) is 25.1 Å². The molecule has 0 fully saturated rings. The smallest absolute Gasteiger partial charge is 0.343 e. The Morgan fingerprint density at radius 2 is 0.961 bits per heavy atom. The largest absolute Gasteiger partial charge is 0.484 e. The number of fused-ring (bicyclic) bond motifs is 5. The number of cyclic esters (lactones) is 1. The predicted molar refractivity (Wildman–Crippen MR) is 471 cm³/mol. The monoisotopic (exact) mass is 1750 g/mol. The number of ether oxygens (including phenoxy) is 2. The zero-order valence-corrected chi connectivity index (χ0v) is 72.4. The molecule has 0 saturated heterocycles. The van der Waals surface area contributed by atoms with Gasteiger partial charge in [-0.05, 0) is 126 Å². The summed E-state index contributed by atoms with van der Waals surface area (Å²) in [5, 5.41) is 45.4. The number of carbonyl (C=O) groups is 13. The quantitative estimate of drug-likeness (QED) is 0.0182. The summed E-state index contributed by atoms with van der Waals surface area (Å²) in [6, 6.07) is 17.6. The lowest BCUT2D eigenvalue weighted by Crippen LogP contribution is -2.45. The molecule has 0 unspecified atom stereocenters. The third-order valence-electron chi connectivity index (χ3n) is 21.9. The van der Waals surface area contributed by atoms with Gasteiger partial charge in [0.1, 0.15) is 58.3 Å². The molecule has 0 aliphatic carbocycles. The van der Waals surface area contributed by atoms with Gasteiger partial charge in [0.05, 0.1) is 68.8 Å². The molecule has 13 N–H and O–H groups in total. The Kier molecular flexibility index (Phi) is 27.4. The third-order valence-corrected chi connectivity index (χ3v) is 21.9. The van der Waals surface area contributed by atoms with Gasteiger partial charge in [-0.15, -0.1) is 0 Å². The Morgan fingerprint density at radius 3 is 1.44 bits per heavy atom. The first kappa shape index (κ1) is 90.3. The van der Waals surface area contributed by atoms with E-state index in [1.54, 1.807) is 121 Å². The van der Waals surface area contributed by atoms with Crippen LogP contribution in [0.5, 0.6) is 5.75 Å². The van der Waals surface area contributed by atoms with E-state index in [2.05, 4.69) is 68.8 Å². The topological polar surface area (TPSA) is 495 Å². The number of unbranched alkanes of at least 4 members (excludes halogenated alkanes) is 2. The fourth-order valence-electron chi connectivity index (χ4n) is 15.1. The molecular formula is C87H100N24O17. The maximum atomic E-state index is 14.4. The van der Waals surface area contributed by atoms with Crippen molar-refractivity contribution in [3.05, 3.63) is 201 Å². The van der Waals surface area contributed by atoms with Crippen molar-refractivity contribution in [2.45, 2.75) is 83.1 Å². The molecule has 0 radical (unpaired) electrons. The Balaban J connectivity index is 0.600. The molecule has 2 aliphatic heterocycles.